The van der Waals surface area contributed by atoms with E-state index in [1.54, 1.807) is 41.8 Å². The van der Waals surface area contributed by atoms with Crippen molar-refractivity contribution < 1.29 is 28.6 Å². The normalized spacial score (nSPS) is 14.5. The highest BCUT2D eigenvalue weighted by molar-refractivity contribution is 8.18. The molecule has 0 aliphatic carbocycles. The predicted octanol–water partition coefficient (Wildman–Crippen LogP) is 5.48. The second kappa shape index (κ2) is 11.0. The van der Waals surface area contributed by atoms with Gasteiger partial charge in [-0.15, -0.1) is 11.3 Å². The van der Waals surface area contributed by atoms with Crippen molar-refractivity contribution in [3.63, 3.8) is 0 Å². The van der Waals surface area contributed by atoms with Crippen LogP contribution in [-0.2, 0) is 4.79 Å². The van der Waals surface area contributed by atoms with Crippen molar-refractivity contribution in [2.45, 2.75) is 6.92 Å². The van der Waals surface area contributed by atoms with Crippen molar-refractivity contribution >= 4 is 46.3 Å². The van der Waals surface area contributed by atoms with Crippen LogP contribution in [0.1, 0.15) is 22.2 Å². The lowest BCUT2D eigenvalue weighted by Crippen LogP contribution is -2.32. The number of amides is 2. The van der Waals surface area contributed by atoms with Crippen molar-refractivity contribution in [3.05, 3.63) is 81.4 Å². The Bertz CT molecular complexity index is 1210. The Balaban J connectivity index is 1.44. The number of benzene rings is 2. The van der Waals surface area contributed by atoms with Gasteiger partial charge in [0, 0.05) is 0 Å². The molecule has 7 nitrogen and oxygen atoms in total. The topological polar surface area (TPSA) is 82.1 Å². The Kier molecular flexibility index (Phi) is 7.66. The van der Waals surface area contributed by atoms with E-state index in [0.29, 0.717) is 33.5 Å². The van der Waals surface area contributed by atoms with Gasteiger partial charge in [-0.25, -0.2) is 4.79 Å². The fourth-order valence-electron chi connectivity index (χ4n) is 3.13. The second-order valence-corrected chi connectivity index (χ2v) is 8.94. The van der Waals surface area contributed by atoms with Gasteiger partial charge in [0.05, 0.1) is 18.1 Å². The van der Waals surface area contributed by atoms with Crippen LogP contribution < -0.4 is 14.2 Å². The number of hydrogen-bond acceptors (Lipinski definition) is 8. The summed E-state index contributed by atoms with van der Waals surface area (Å²) in [6.45, 7) is 2.54. The number of thioether (sulfide) groups is 1. The molecule has 1 aliphatic rings. The molecule has 2 heterocycles. The molecule has 0 radical (unpaired) electrons. The number of hydrogen-bond donors (Lipinski definition) is 0. The lowest BCUT2D eigenvalue weighted by Gasteiger charge is -2.13. The molecule has 0 spiro atoms. The standard InChI is InChI=1S/C25H21NO6S2/c1-2-30-20-15-17(10-11-19(20)32-24(28)21-9-6-14-33-21)16-22-23(27)26(25(29)34-22)12-13-31-18-7-4-3-5-8-18/h3-11,14-16H,2,12-13H2,1H3/b22-16-. The maximum atomic E-state index is 12.8. The summed E-state index contributed by atoms with van der Waals surface area (Å²) in [5.41, 5.74) is 0.644. The largest absolute Gasteiger partial charge is 0.492 e. The van der Waals surface area contributed by atoms with Gasteiger partial charge in [0.2, 0.25) is 0 Å². The van der Waals surface area contributed by atoms with Crippen LogP contribution in [0.25, 0.3) is 6.08 Å². The maximum absolute atomic E-state index is 12.8. The van der Waals surface area contributed by atoms with Crippen molar-refractivity contribution in [1.29, 1.82) is 0 Å². The van der Waals surface area contributed by atoms with Crippen molar-refractivity contribution in [2.24, 2.45) is 0 Å². The lowest BCUT2D eigenvalue weighted by molar-refractivity contribution is -0.123. The van der Waals surface area contributed by atoms with Crippen LogP contribution in [0.5, 0.6) is 17.2 Å². The summed E-state index contributed by atoms with van der Waals surface area (Å²) in [6, 6.07) is 17.6. The van der Waals surface area contributed by atoms with E-state index in [2.05, 4.69) is 0 Å². The number of carbonyl (C=O) groups is 3. The predicted molar refractivity (Wildman–Crippen MR) is 132 cm³/mol. The molecule has 0 unspecified atom stereocenters. The second-order valence-electron chi connectivity index (χ2n) is 7.00. The van der Waals surface area contributed by atoms with Gasteiger partial charge in [-0.05, 0) is 66.0 Å². The Morgan fingerprint density at radius 1 is 1.00 bits per heavy atom. The number of imide groups is 1. The van der Waals surface area contributed by atoms with Crippen LogP contribution in [0.4, 0.5) is 4.79 Å². The Labute approximate surface area is 204 Å². The molecule has 4 rings (SSSR count). The molecule has 0 atom stereocenters. The molecule has 1 fully saturated rings. The average molecular weight is 496 g/mol. The maximum Gasteiger partial charge on any atom is 0.353 e. The lowest BCUT2D eigenvalue weighted by atomic mass is 10.2. The molecular formula is C25H21NO6S2. The van der Waals surface area contributed by atoms with Crippen molar-refractivity contribution in [1.82, 2.24) is 4.90 Å². The molecule has 0 N–H and O–H groups in total. The minimum Gasteiger partial charge on any atom is -0.492 e. The zero-order chi connectivity index (χ0) is 23.9. The summed E-state index contributed by atoms with van der Waals surface area (Å²) >= 11 is 2.16. The first kappa shape index (κ1) is 23.6. The van der Waals surface area contributed by atoms with E-state index in [4.69, 9.17) is 14.2 Å². The monoisotopic (exact) mass is 495 g/mol. The van der Waals surface area contributed by atoms with Crippen LogP contribution in [-0.4, -0.2) is 41.8 Å². The van der Waals surface area contributed by atoms with Crippen LogP contribution in [0, 0.1) is 0 Å². The van der Waals surface area contributed by atoms with Crippen LogP contribution in [0.15, 0.2) is 70.9 Å². The highest BCUT2D eigenvalue weighted by Crippen LogP contribution is 2.35. The van der Waals surface area contributed by atoms with Gasteiger partial charge in [-0.3, -0.25) is 14.5 Å². The Morgan fingerprint density at radius 3 is 2.56 bits per heavy atom. The molecule has 34 heavy (non-hydrogen) atoms. The molecule has 174 valence electrons. The SMILES string of the molecule is CCOc1cc(/C=C2\SC(=O)N(CCOc3ccccc3)C2=O)ccc1OC(=O)c1cccs1. The van der Waals surface area contributed by atoms with Crippen molar-refractivity contribution in [2.75, 3.05) is 19.8 Å². The number of carbonyl (C=O) groups excluding carboxylic acids is 3. The highest BCUT2D eigenvalue weighted by atomic mass is 32.2. The van der Waals surface area contributed by atoms with Gasteiger partial charge in [0.15, 0.2) is 11.5 Å². The number of ether oxygens (including phenoxy) is 3. The Morgan fingerprint density at radius 2 is 1.82 bits per heavy atom. The van der Waals surface area contributed by atoms with E-state index < -0.39 is 5.97 Å². The molecule has 0 bridgehead atoms. The first-order chi connectivity index (χ1) is 16.5. The Hall–Kier alpha value is -3.56. The smallest absolute Gasteiger partial charge is 0.353 e. The minimum atomic E-state index is -0.470. The zero-order valence-electron chi connectivity index (χ0n) is 18.3. The molecule has 2 aromatic carbocycles. The minimum absolute atomic E-state index is 0.151. The first-order valence-electron chi connectivity index (χ1n) is 10.5. The molecule has 9 heteroatoms. The zero-order valence-corrected chi connectivity index (χ0v) is 19.9. The summed E-state index contributed by atoms with van der Waals surface area (Å²) in [5, 5.41) is 1.45. The number of rotatable bonds is 9. The fourth-order valence-corrected chi connectivity index (χ4v) is 4.59. The summed E-state index contributed by atoms with van der Waals surface area (Å²) in [5.74, 6) is 0.480. The van der Waals surface area contributed by atoms with E-state index in [9.17, 15) is 14.4 Å². The van der Waals surface area contributed by atoms with Crippen molar-refractivity contribution in [3.8, 4) is 17.2 Å². The third kappa shape index (κ3) is 5.67. The van der Waals surface area contributed by atoms with Gasteiger partial charge in [0.25, 0.3) is 11.1 Å². The number of thiophene rings is 1. The van der Waals surface area contributed by atoms with Gasteiger partial charge < -0.3 is 14.2 Å². The van der Waals surface area contributed by atoms with E-state index in [1.807, 2.05) is 37.3 Å². The third-order valence-electron chi connectivity index (χ3n) is 4.69. The summed E-state index contributed by atoms with van der Waals surface area (Å²) in [4.78, 5) is 39.4. The van der Waals surface area contributed by atoms with E-state index in [0.717, 1.165) is 11.8 Å². The molecule has 2 amide bonds. The molecule has 1 aromatic heterocycles. The quantitative estimate of drug-likeness (QED) is 0.221. The molecule has 0 saturated carbocycles. The molecular weight excluding hydrogens is 474 g/mol. The van der Waals surface area contributed by atoms with Gasteiger partial charge in [-0.2, -0.15) is 0 Å². The van der Waals surface area contributed by atoms with Crippen LogP contribution in [0.3, 0.4) is 0 Å². The summed E-state index contributed by atoms with van der Waals surface area (Å²) in [7, 11) is 0. The molecule has 3 aromatic rings. The van der Waals surface area contributed by atoms with E-state index in [-0.39, 0.29) is 30.0 Å². The van der Waals surface area contributed by atoms with E-state index in [1.165, 1.54) is 16.2 Å². The van der Waals surface area contributed by atoms with Crippen LogP contribution >= 0.6 is 23.1 Å². The van der Waals surface area contributed by atoms with Gasteiger partial charge >= 0.3 is 5.97 Å². The summed E-state index contributed by atoms with van der Waals surface area (Å²) < 4.78 is 16.7. The third-order valence-corrected chi connectivity index (χ3v) is 6.45. The van der Waals surface area contributed by atoms with Gasteiger partial charge in [-0.1, -0.05) is 30.3 Å². The fraction of sp³-hybridized carbons (Fsp3) is 0.160. The highest BCUT2D eigenvalue weighted by Gasteiger charge is 2.34. The number of esters is 1. The molecule has 1 saturated heterocycles. The summed E-state index contributed by atoms with van der Waals surface area (Å²) in [6.07, 6.45) is 1.62. The number of nitrogens with zero attached hydrogens (tertiary/aromatic N) is 1. The molecule has 1 aliphatic heterocycles. The van der Waals surface area contributed by atoms with E-state index >= 15 is 0 Å². The first-order valence-corrected chi connectivity index (χ1v) is 12.2. The van der Waals surface area contributed by atoms with Gasteiger partial charge in [0.1, 0.15) is 17.2 Å². The average Bonchev–Trinajstić information content (AvgIpc) is 3.46. The number of para-hydroxylation sites is 1. The van der Waals surface area contributed by atoms with Crippen LogP contribution in [0.2, 0.25) is 0 Å².